The minimum Gasteiger partial charge on any atom is -0.326 e. The maximum absolute atomic E-state index is 11.0. The maximum Gasteiger partial charge on any atom is 0.238 e. The third-order valence-electron chi connectivity index (χ3n) is 1.81. The number of rotatable bonds is 0. The van der Waals surface area contributed by atoms with E-state index in [1.54, 1.807) is 12.1 Å². The van der Waals surface area contributed by atoms with Gasteiger partial charge in [-0.3, -0.25) is 9.80 Å². The quantitative estimate of drug-likeness (QED) is 0.474. The Hall–Kier alpha value is -0.610. The fraction of sp³-hybridized carbons (Fsp3) is 0.833. The van der Waals surface area contributed by atoms with E-state index in [1.165, 1.54) is 0 Å². The Labute approximate surface area is 60.5 Å². The molecule has 1 heterocycles. The average molecular weight is 143 g/mol. The number of hydrogen-bond donors (Lipinski definition) is 1. The van der Waals surface area contributed by atoms with Crippen LogP contribution in [0.2, 0.25) is 0 Å². The first-order valence-electron chi connectivity index (χ1n) is 3.34. The summed E-state index contributed by atoms with van der Waals surface area (Å²) in [7, 11) is 3.62. The van der Waals surface area contributed by atoms with Crippen molar-refractivity contribution in [3.63, 3.8) is 0 Å². The van der Waals surface area contributed by atoms with Gasteiger partial charge in [-0.2, -0.15) is 0 Å². The second kappa shape index (κ2) is 2.56. The van der Waals surface area contributed by atoms with Crippen LogP contribution in [0, 0.1) is 0 Å². The van der Waals surface area contributed by atoms with Crippen molar-refractivity contribution >= 4 is 5.91 Å². The molecule has 2 N–H and O–H groups in total. The summed E-state index contributed by atoms with van der Waals surface area (Å²) in [5.74, 6) is 0.0984. The van der Waals surface area contributed by atoms with Crippen LogP contribution >= 0.6 is 0 Å². The number of amides is 1. The molecule has 1 fully saturated rings. The number of likely N-dealkylation sites (N-methyl/N-ethyl adjacent to an activating group) is 1. The van der Waals surface area contributed by atoms with Crippen LogP contribution < -0.4 is 5.73 Å². The van der Waals surface area contributed by atoms with Gasteiger partial charge < -0.3 is 5.73 Å². The molecule has 0 aromatic carbocycles. The zero-order chi connectivity index (χ0) is 7.72. The SMILES string of the molecule is CN1CC(N)CC(=O)N1C. The van der Waals surface area contributed by atoms with Crippen LogP contribution in [0.5, 0.6) is 0 Å². The molecule has 1 atom stereocenters. The molecule has 0 spiro atoms. The van der Waals surface area contributed by atoms with E-state index in [-0.39, 0.29) is 11.9 Å². The Kier molecular flexibility index (Phi) is 1.92. The van der Waals surface area contributed by atoms with Crippen LogP contribution in [-0.2, 0) is 4.79 Å². The molecule has 1 amide bonds. The minimum absolute atomic E-state index is 0.00806. The highest BCUT2D eigenvalue weighted by molar-refractivity contribution is 5.76. The molecule has 0 saturated carbocycles. The summed E-state index contributed by atoms with van der Waals surface area (Å²) in [4.78, 5) is 11.0. The maximum atomic E-state index is 11.0. The molecule has 0 aliphatic carbocycles. The summed E-state index contributed by atoms with van der Waals surface area (Å²) in [5.41, 5.74) is 5.59. The Morgan fingerprint density at radius 3 is 2.70 bits per heavy atom. The number of carbonyl (C=O) groups is 1. The second-order valence-electron chi connectivity index (χ2n) is 2.72. The van der Waals surface area contributed by atoms with Gasteiger partial charge in [0, 0.05) is 33.1 Å². The van der Waals surface area contributed by atoms with E-state index in [9.17, 15) is 4.79 Å². The van der Waals surface area contributed by atoms with E-state index in [0.717, 1.165) is 6.54 Å². The predicted octanol–water partition coefficient (Wildman–Crippen LogP) is -0.977. The number of hydrazine groups is 1. The molecule has 10 heavy (non-hydrogen) atoms. The van der Waals surface area contributed by atoms with Crippen LogP contribution in [0.15, 0.2) is 0 Å². The number of carbonyl (C=O) groups excluding carboxylic acids is 1. The van der Waals surface area contributed by atoms with Crippen LogP contribution in [0.1, 0.15) is 6.42 Å². The highest BCUT2D eigenvalue weighted by Gasteiger charge is 2.24. The third kappa shape index (κ3) is 1.27. The first-order valence-corrected chi connectivity index (χ1v) is 3.34. The summed E-state index contributed by atoms with van der Waals surface area (Å²) in [6.07, 6.45) is 0.473. The van der Waals surface area contributed by atoms with Crippen LogP contribution in [-0.4, -0.2) is 42.6 Å². The Balaban J connectivity index is 2.57. The van der Waals surface area contributed by atoms with Gasteiger partial charge in [0.15, 0.2) is 0 Å². The van der Waals surface area contributed by atoms with Crippen molar-refractivity contribution in [2.45, 2.75) is 12.5 Å². The number of hydrogen-bond acceptors (Lipinski definition) is 3. The van der Waals surface area contributed by atoms with Crippen molar-refractivity contribution in [3.05, 3.63) is 0 Å². The van der Waals surface area contributed by atoms with Crippen molar-refractivity contribution in [2.24, 2.45) is 5.73 Å². The molecule has 1 aliphatic heterocycles. The molecule has 1 unspecified atom stereocenters. The topological polar surface area (TPSA) is 49.6 Å². The van der Waals surface area contributed by atoms with Crippen molar-refractivity contribution in [3.8, 4) is 0 Å². The van der Waals surface area contributed by atoms with Gasteiger partial charge in [0.2, 0.25) is 5.91 Å². The van der Waals surface area contributed by atoms with Crippen LogP contribution in [0.4, 0.5) is 0 Å². The lowest BCUT2D eigenvalue weighted by Gasteiger charge is -2.35. The fourth-order valence-electron chi connectivity index (χ4n) is 1.07. The lowest BCUT2D eigenvalue weighted by atomic mass is 10.2. The summed E-state index contributed by atoms with van der Waals surface area (Å²) in [5, 5.41) is 3.43. The zero-order valence-electron chi connectivity index (χ0n) is 6.37. The molecule has 58 valence electrons. The summed E-state index contributed by atoms with van der Waals surface area (Å²) < 4.78 is 0. The third-order valence-corrected chi connectivity index (χ3v) is 1.81. The molecule has 1 rings (SSSR count). The molecule has 1 saturated heterocycles. The van der Waals surface area contributed by atoms with Crippen molar-refractivity contribution in [1.82, 2.24) is 10.0 Å². The summed E-state index contributed by atoms with van der Waals surface area (Å²) in [6.45, 7) is 0.766. The number of nitrogens with zero attached hydrogens (tertiary/aromatic N) is 2. The molecule has 0 aromatic rings. The molecule has 4 heteroatoms. The molecule has 1 aliphatic rings. The largest absolute Gasteiger partial charge is 0.326 e. The van der Waals surface area contributed by atoms with Gasteiger partial charge in [-0.25, -0.2) is 5.01 Å². The Morgan fingerprint density at radius 2 is 2.20 bits per heavy atom. The minimum atomic E-state index is 0.00806. The van der Waals surface area contributed by atoms with Gasteiger partial charge in [0.25, 0.3) is 0 Å². The Morgan fingerprint density at radius 1 is 1.60 bits per heavy atom. The van der Waals surface area contributed by atoms with Gasteiger partial charge in [0.05, 0.1) is 0 Å². The van der Waals surface area contributed by atoms with E-state index in [1.807, 2.05) is 12.1 Å². The van der Waals surface area contributed by atoms with Gasteiger partial charge >= 0.3 is 0 Å². The van der Waals surface area contributed by atoms with Crippen molar-refractivity contribution in [2.75, 3.05) is 20.6 Å². The van der Waals surface area contributed by atoms with Gasteiger partial charge in [-0.15, -0.1) is 0 Å². The average Bonchev–Trinajstić information content (AvgIpc) is 1.82. The summed E-state index contributed by atoms with van der Waals surface area (Å²) >= 11 is 0. The van der Waals surface area contributed by atoms with E-state index in [2.05, 4.69) is 0 Å². The fourth-order valence-corrected chi connectivity index (χ4v) is 1.07. The normalized spacial score (nSPS) is 29.3. The van der Waals surface area contributed by atoms with Crippen LogP contribution in [0.3, 0.4) is 0 Å². The Bertz CT molecular complexity index is 148. The molecule has 0 radical (unpaired) electrons. The molecule has 4 nitrogen and oxygen atoms in total. The second-order valence-corrected chi connectivity index (χ2v) is 2.72. The number of nitrogens with two attached hydrogens (primary N) is 1. The summed E-state index contributed by atoms with van der Waals surface area (Å²) in [6, 6.07) is 0.00806. The highest BCUT2D eigenvalue weighted by atomic mass is 16.2. The lowest BCUT2D eigenvalue weighted by molar-refractivity contribution is -0.149. The zero-order valence-corrected chi connectivity index (χ0v) is 6.37. The first-order chi connectivity index (χ1) is 4.61. The van der Waals surface area contributed by atoms with E-state index in [4.69, 9.17) is 5.73 Å². The molecular formula is C6H13N3O. The molecular weight excluding hydrogens is 130 g/mol. The molecule has 0 aromatic heterocycles. The highest BCUT2D eigenvalue weighted by Crippen LogP contribution is 2.05. The van der Waals surface area contributed by atoms with E-state index in [0.29, 0.717) is 6.42 Å². The van der Waals surface area contributed by atoms with Crippen molar-refractivity contribution in [1.29, 1.82) is 0 Å². The van der Waals surface area contributed by atoms with Gasteiger partial charge in [-0.1, -0.05) is 0 Å². The first kappa shape index (κ1) is 7.50. The monoisotopic (exact) mass is 143 g/mol. The predicted molar refractivity (Wildman–Crippen MR) is 38.0 cm³/mol. The molecule has 0 bridgehead atoms. The van der Waals surface area contributed by atoms with Crippen LogP contribution in [0.25, 0.3) is 0 Å². The van der Waals surface area contributed by atoms with Crippen molar-refractivity contribution < 1.29 is 4.79 Å². The van der Waals surface area contributed by atoms with Gasteiger partial charge in [0.1, 0.15) is 0 Å². The standard InChI is InChI=1S/C6H13N3O/c1-8-4-5(7)3-6(10)9(8)2/h5H,3-4,7H2,1-2H3. The van der Waals surface area contributed by atoms with E-state index < -0.39 is 0 Å². The van der Waals surface area contributed by atoms with E-state index >= 15 is 0 Å². The lowest BCUT2D eigenvalue weighted by Crippen LogP contribution is -2.53. The smallest absolute Gasteiger partial charge is 0.238 e. The van der Waals surface area contributed by atoms with Gasteiger partial charge in [-0.05, 0) is 0 Å².